The van der Waals surface area contributed by atoms with Gasteiger partial charge in [0.25, 0.3) is 0 Å². The van der Waals surface area contributed by atoms with Crippen LogP contribution in [-0.4, -0.2) is 70.6 Å². The molecule has 4 aliphatic carbocycles. The lowest BCUT2D eigenvalue weighted by Gasteiger charge is -2.63. The second kappa shape index (κ2) is 11.3. The lowest BCUT2D eigenvalue weighted by molar-refractivity contribution is -0.207. The van der Waals surface area contributed by atoms with Crippen molar-refractivity contribution in [3.63, 3.8) is 0 Å². The van der Waals surface area contributed by atoms with Crippen molar-refractivity contribution in [2.24, 2.45) is 46.3 Å². The Bertz CT molecular complexity index is 1040. The maximum absolute atomic E-state index is 13.6. The van der Waals surface area contributed by atoms with E-state index in [9.17, 15) is 46.3 Å². The Balaban J connectivity index is 1.35. The van der Waals surface area contributed by atoms with Gasteiger partial charge in [-0.05, 0) is 97.7 Å². The molecule has 4 aliphatic rings. The highest BCUT2D eigenvalue weighted by Crippen LogP contribution is 2.68. The van der Waals surface area contributed by atoms with Gasteiger partial charge in [-0.2, -0.15) is 8.78 Å². The Morgan fingerprint density at radius 2 is 1.75 bits per heavy atom. The van der Waals surface area contributed by atoms with Crippen molar-refractivity contribution >= 4 is 16.1 Å². The molecule has 4 fully saturated rings. The molecule has 0 aromatic rings. The lowest BCUT2D eigenvalue weighted by Crippen LogP contribution is -2.62. The summed E-state index contributed by atoms with van der Waals surface area (Å²) in [5, 5.41) is 28.2. The minimum Gasteiger partial charge on any atom is -0.743 e. The summed E-state index contributed by atoms with van der Waals surface area (Å²) in [5.41, 5.74) is -0.473. The molecule has 0 aliphatic heterocycles. The SMILES string of the molecule is C[C@H](CCC(=O)OCCC(F)C(F)(F)S(=O)(=O)[O-])[C@H]1CC[C@H]2[C@@H]3[C@@H](O)C[C@@H]4C[C@H](O)CC[C@]4(C)[C@H]3CC(O)[C@]12C. The molecule has 3 N–H and O–H groups in total. The second-order valence-corrected chi connectivity index (χ2v) is 15.0. The molecule has 8 nitrogen and oxygen atoms in total. The van der Waals surface area contributed by atoms with Crippen molar-refractivity contribution < 1.29 is 51.0 Å². The van der Waals surface area contributed by atoms with Gasteiger partial charge < -0.3 is 24.6 Å². The van der Waals surface area contributed by atoms with Crippen LogP contribution in [-0.2, 0) is 19.6 Å². The average molecular weight is 598 g/mol. The van der Waals surface area contributed by atoms with E-state index in [0.29, 0.717) is 25.7 Å². The number of carbonyl (C=O) groups is 1. The zero-order chi connectivity index (χ0) is 29.8. The van der Waals surface area contributed by atoms with Gasteiger partial charge in [0.2, 0.25) is 0 Å². The fourth-order valence-corrected chi connectivity index (χ4v) is 9.78. The third-order valence-corrected chi connectivity index (χ3v) is 12.6. The highest BCUT2D eigenvalue weighted by atomic mass is 32.2. The predicted octanol–water partition coefficient (Wildman–Crippen LogP) is 3.77. The third-order valence-electron chi connectivity index (χ3n) is 11.7. The fraction of sp³-hybridized carbons (Fsp3) is 0.964. The van der Waals surface area contributed by atoms with Gasteiger partial charge >= 0.3 is 11.2 Å². The number of fused-ring (bicyclic) bond motifs is 5. The summed E-state index contributed by atoms with van der Waals surface area (Å²) >= 11 is 0. The second-order valence-electron chi connectivity index (χ2n) is 13.5. The van der Waals surface area contributed by atoms with Gasteiger partial charge in [0.15, 0.2) is 16.3 Å². The standard InChI is InChI=1S/C28H45F3O8S/c1-15(4-7-24(35)39-11-9-22(29)28(30,31)40(36,37)38)18-5-6-19-25-20(14-23(34)27(18,19)3)26(2)10-8-17(32)12-16(26)13-21(25)33/h15-23,25,32-34H,4-14H2,1-3H3,(H,36,37,38)/p-1/t15-,16+,17-,18-,19+,20+,21+,22?,23?,25+,26+,27-/m1/s1. The van der Waals surface area contributed by atoms with E-state index in [2.05, 4.69) is 13.8 Å². The van der Waals surface area contributed by atoms with E-state index in [1.165, 1.54) is 0 Å². The lowest BCUT2D eigenvalue weighted by atomic mass is 9.43. The van der Waals surface area contributed by atoms with Crippen molar-refractivity contribution in [3.8, 4) is 0 Å². The van der Waals surface area contributed by atoms with Gasteiger partial charge in [-0.15, -0.1) is 0 Å². The Morgan fingerprint density at radius 1 is 1.07 bits per heavy atom. The van der Waals surface area contributed by atoms with Crippen LogP contribution in [0.15, 0.2) is 0 Å². The minimum atomic E-state index is -6.17. The van der Waals surface area contributed by atoms with Gasteiger partial charge in [0, 0.05) is 12.8 Å². The summed E-state index contributed by atoms with van der Waals surface area (Å²) in [6.07, 6.45) is -0.169. The number of aliphatic hydroxyl groups excluding tert-OH is 3. The molecule has 0 spiro atoms. The molecule has 0 aromatic carbocycles. The van der Waals surface area contributed by atoms with Gasteiger partial charge in [-0.3, -0.25) is 4.79 Å². The maximum Gasteiger partial charge on any atom is 0.364 e. The van der Waals surface area contributed by atoms with E-state index in [4.69, 9.17) is 4.74 Å². The van der Waals surface area contributed by atoms with Crippen LogP contribution in [0.5, 0.6) is 0 Å². The quantitative estimate of drug-likeness (QED) is 0.269. The monoisotopic (exact) mass is 597 g/mol. The first-order chi connectivity index (χ1) is 18.4. The van der Waals surface area contributed by atoms with Gasteiger partial charge in [0.1, 0.15) is 0 Å². The zero-order valence-electron chi connectivity index (χ0n) is 23.5. The molecule has 0 saturated heterocycles. The third kappa shape index (κ3) is 5.44. The number of hydrogen-bond acceptors (Lipinski definition) is 8. The van der Waals surface area contributed by atoms with Crippen molar-refractivity contribution in [2.45, 2.75) is 115 Å². The Hall–Kier alpha value is -0.950. The summed E-state index contributed by atoms with van der Waals surface area (Å²) in [6.45, 7) is 5.59. The minimum absolute atomic E-state index is 0.00603. The van der Waals surface area contributed by atoms with Crippen LogP contribution >= 0.6 is 0 Å². The van der Waals surface area contributed by atoms with Gasteiger partial charge in [-0.1, -0.05) is 20.8 Å². The van der Waals surface area contributed by atoms with Crippen LogP contribution < -0.4 is 0 Å². The van der Waals surface area contributed by atoms with E-state index in [-0.39, 0.29) is 53.4 Å². The van der Waals surface area contributed by atoms with Crippen LogP contribution in [0.25, 0.3) is 0 Å². The number of carbonyl (C=O) groups excluding carboxylic acids is 1. The molecule has 0 amide bonds. The summed E-state index contributed by atoms with van der Waals surface area (Å²) in [5.74, 6) is -0.0474. The van der Waals surface area contributed by atoms with Gasteiger partial charge in [0.05, 0.1) is 24.9 Å². The molecule has 12 atom stereocenters. The molecule has 40 heavy (non-hydrogen) atoms. The van der Waals surface area contributed by atoms with Crippen LogP contribution in [0.4, 0.5) is 13.2 Å². The number of hydrogen-bond donors (Lipinski definition) is 3. The summed E-state index contributed by atoms with van der Waals surface area (Å²) in [4.78, 5) is 12.2. The topological polar surface area (TPSA) is 144 Å². The van der Waals surface area contributed by atoms with E-state index >= 15 is 0 Å². The van der Waals surface area contributed by atoms with E-state index in [1.54, 1.807) is 0 Å². The number of esters is 1. The molecule has 12 heteroatoms. The first-order valence-corrected chi connectivity index (χ1v) is 16.0. The van der Waals surface area contributed by atoms with Crippen molar-refractivity contribution in [1.82, 2.24) is 0 Å². The van der Waals surface area contributed by atoms with Crippen molar-refractivity contribution in [1.29, 1.82) is 0 Å². The number of aliphatic hydroxyl groups is 3. The average Bonchev–Trinajstić information content (AvgIpc) is 3.22. The molecule has 4 saturated carbocycles. The largest absolute Gasteiger partial charge is 0.743 e. The molecule has 0 radical (unpaired) electrons. The summed E-state index contributed by atoms with van der Waals surface area (Å²) in [7, 11) is -6.17. The molecule has 232 valence electrons. The molecular weight excluding hydrogens is 553 g/mol. The van der Waals surface area contributed by atoms with Crippen LogP contribution in [0.1, 0.15) is 85.0 Å². The van der Waals surface area contributed by atoms with Crippen LogP contribution in [0.3, 0.4) is 0 Å². The molecule has 4 rings (SSSR count). The van der Waals surface area contributed by atoms with Crippen molar-refractivity contribution in [2.75, 3.05) is 6.61 Å². The number of halogens is 3. The van der Waals surface area contributed by atoms with Crippen LogP contribution in [0, 0.1) is 46.3 Å². The maximum atomic E-state index is 13.6. The summed E-state index contributed by atoms with van der Waals surface area (Å²) in [6, 6.07) is 0. The van der Waals surface area contributed by atoms with Crippen LogP contribution in [0.2, 0.25) is 0 Å². The van der Waals surface area contributed by atoms with E-state index < -0.39 is 58.2 Å². The molecule has 0 aromatic heterocycles. The smallest absolute Gasteiger partial charge is 0.364 e. The normalized spacial score (nSPS) is 43.2. The molecular formula is C28H44F3O8S-. The first kappa shape index (κ1) is 32.0. The van der Waals surface area contributed by atoms with E-state index in [0.717, 1.165) is 25.7 Å². The highest BCUT2D eigenvalue weighted by molar-refractivity contribution is 7.86. The zero-order valence-corrected chi connectivity index (χ0v) is 24.3. The molecule has 0 bridgehead atoms. The Labute approximate surface area is 234 Å². The first-order valence-electron chi connectivity index (χ1n) is 14.6. The Kier molecular flexibility index (Phi) is 9.02. The predicted molar refractivity (Wildman–Crippen MR) is 138 cm³/mol. The van der Waals surface area contributed by atoms with E-state index in [1.807, 2.05) is 6.92 Å². The fourth-order valence-electron chi connectivity index (χ4n) is 9.35. The summed E-state index contributed by atoms with van der Waals surface area (Å²) < 4.78 is 76.6. The number of rotatable bonds is 9. The highest BCUT2D eigenvalue weighted by Gasteiger charge is 2.65. The molecule has 2 unspecified atom stereocenters. The van der Waals surface area contributed by atoms with Gasteiger partial charge in [-0.25, -0.2) is 12.8 Å². The Morgan fingerprint density at radius 3 is 2.40 bits per heavy atom. The number of alkyl halides is 3. The van der Waals surface area contributed by atoms with Crippen molar-refractivity contribution in [3.05, 3.63) is 0 Å². The molecule has 0 heterocycles. The number of ether oxygens (including phenoxy) is 1.